The van der Waals surface area contributed by atoms with Gasteiger partial charge in [-0.25, -0.2) is 4.79 Å². The van der Waals surface area contributed by atoms with Crippen molar-refractivity contribution in [2.24, 2.45) is 0 Å². The molecule has 1 aliphatic rings. The van der Waals surface area contributed by atoms with Crippen LogP contribution in [0, 0.1) is 0 Å². The summed E-state index contributed by atoms with van der Waals surface area (Å²) in [6.45, 7) is 3.45. The molecule has 1 aliphatic heterocycles. The second kappa shape index (κ2) is 5.92. The Morgan fingerprint density at radius 3 is 2.30 bits per heavy atom. The fourth-order valence-corrected chi connectivity index (χ4v) is 2.30. The SMILES string of the molecule is C=CCOC(=O)[C@H](CS)N1C(=O)c2ccccc2C1=O. The van der Waals surface area contributed by atoms with Crippen LogP contribution in [0.4, 0.5) is 0 Å². The average molecular weight is 291 g/mol. The first kappa shape index (κ1) is 14.3. The smallest absolute Gasteiger partial charge is 0.330 e. The van der Waals surface area contributed by atoms with Crippen molar-refractivity contribution in [1.29, 1.82) is 0 Å². The van der Waals surface area contributed by atoms with E-state index >= 15 is 0 Å². The minimum absolute atomic E-state index is 0.00143. The number of ether oxygens (including phenoxy) is 1. The topological polar surface area (TPSA) is 63.7 Å². The molecule has 0 saturated carbocycles. The van der Waals surface area contributed by atoms with Crippen LogP contribution in [0.3, 0.4) is 0 Å². The van der Waals surface area contributed by atoms with Crippen molar-refractivity contribution in [3.63, 3.8) is 0 Å². The Kier molecular flexibility index (Phi) is 4.24. The molecule has 2 amide bonds. The average Bonchev–Trinajstić information content (AvgIpc) is 2.72. The normalized spacial score (nSPS) is 14.9. The van der Waals surface area contributed by atoms with Gasteiger partial charge >= 0.3 is 5.97 Å². The number of hydrogen-bond acceptors (Lipinski definition) is 5. The summed E-state index contributed by atoms with van der Waals surface area (Å²) in [7, 11) is 0. The van der Waals surface area contributed by atoms with Crippen LogP contribution < -0.4 is 0 Å². The molecule has 20 heavy (non-hydrogen) atoms. The highest BCUT2D eigenvalue weighted by molar-refractivity contribution is 7.80. The number of rotatable bonds is 5. The first-order valence-corrected chi connectivity index (χ1v) is 6.60. The summed E-state index contributed by atoms with van der Waals surface area (Å²) in [5.41, 5.74) is 0.585. The van der Waals surface area contributed by atoms with Gasteiger partial charge in [-0.2, -0.15) is 12.6 Å². The molecule has 1 atom stereocenters. The molecule has 0 aromatic heterocycles. The summed E-state index contributed by atoms with van der Waals surface area (Å²) >= 11 is 4.04. The van der Waals surface area contributed by atoms with Crippen molar-refractivity contribution >= 4 is 30.4 Å². The molecule has 6 heteroatoms. The molecule has 0 spiro atoms. The lowest BCUT2D eigenvalue weighted by Gasteiger charge is -2.22. The molecule has 5 nitrogen and oxygen atoms in total. The van der Waals surface area contributed by atoms with Crippen LogP contribution in [0.1, 0.15) is 20.7 Å². The standard InChI is InChI=1S/C14H13NO4S/c1-2-7-19-14(18)11(8-20)15-12(16)9-5-3-4-6-10(9)13(15)17/h2-6,11,20H,1,7-8H2/t11-/m0/s1. The van der Waals surface area contributed by atoms with Gasteiger partial charge in [0, 0.05) is 5.75 Å². The van der Waals surface area contributed by atoms with E-state index in [1.165, 1.54) is 6.08 Å². The third-order valence-corrected chi connectivity index (χ3v) is 3.27. The van der Waals surface area contributed by atoms with Gasteiger partial charge in [-0.3, -0.25) is 14.5 Å². The molecule has 1 aromatic carbocycles. The monoisotopic (exact) mass is 291 g/mol. The first-order valence-electron chi connectivity index (χ1n) is 5.97. The van der Waals surface area contributed by atoms with Gasteiger partial charge in [0.1, 0.15) is 12.6 Å². The Morgan fingerprint density at radius 1 is 1.30 bits per heavy atom. The highest BCUT2D eigenvalue weighted by atomic mass is 32.1. The minimum atomic E-state index is -1.04. The van der Waals surface area contributed by atoms with Crippen molar-refractivity contribution in [3.05, 3.63) is 48.0 Å². The summed E-state index contributed by atoms with van der Waals surface area (Å²) in [5.74, 6) is -1.67. The number of thiol groups is 1. The van der Waals surface area contributed by atoms with Crippen LogP contribution >= 0.6 is 12.6 Å². The molecular formula is C14H13NO4S. The van der Waals surface area contributed by atoms with E-state index in [-0.39, 0.29) is 12.4 Å². The van der Waals surface area contributed by atoms with E-state index in [0.29, 0.717) is 11.1 Å². The van der Waals surface area contributed by atoms with Gasteiger partial charge in [0.2, 0.25) is 0 Å². The lowest BCUT2D eigenvalue weighted by atomic mass is 10.1. The van der Waals surface area contributed by atoms with Gasteiger partial charge in [0.15, 0.2) is 0 Å². The van der Waals surface area contributed by atoms with Gasteiger partial charge in [-0.05, 0) is 12.1 Å². The summed E-state index contributed by atoms with van der Waals surface area (Å²) in [4.78, 5) is 37.3. The number of hydrogen-bond donors (Lipinski definition) is 1. The van der Waals surface area contributed by atoms with Crippen molar-refractivity contribution in [1.82, 2.24) is 4.90 Å². The van der Waals surface area contributed by atoms with E-state index in [4.69, 9.17) is 4.74 Å². The highest BCUT2D eigenvalue weighted by Crippen LogP contribution is 2.25. The highest BCUT2D eigenvalue weighted by Gasteiger charge is 2.42. The molecule has 104 valence electrons. The molecule has 2 rings (SSSR count). The molecule has 1 heterocycles. The summed E-state index contributed by atoms with van der Waals surface area (Å²) in [6, 6.07) is 5.41. The second-order valence-corrected chi connectivity index (χ2v) is 4.51. The van der Waals surface area contributed by atoms with Gasteiger partial charge in [0.05, 0.1) is 11.1 Å². The summed E-state index contributed by atoms with van der Waals surface area (Å²) < 4.78 is 4.90. The zero-order valence-electron chi connectivity index (χ0n) is 10.6. The molecular weight excluding hydrogens is 278 g/mol. The van der Waals surface area contributed by atoms with E-state index in [2.05, 4.69) is 19.2 Å². The van der Waals surface area contributed by atoms with Crippen molar-refractivity contribution in [2.45, 2.75) is 6.04 Å². The van der Waals surface area contributed by atoms with Crippen molar-refractivity contribution in [3.8, 4) is 0 Å². The van der Waals surface area contributed by atoms with Crippen LogP contribution in [-0.4, -0.2) is 41.1 Å². The molecule has 0 unspecified atom stereocenters. The Hall–Kier alpha value is -2.08. The fraction of sp³-hybridized carbons (Fsp3) is 0.214. The van der Waals surface area contributed by atoms with Crippen LogP contribution in [0.25, 0.3) is 0 Å². The third kappa shape index (κ3) is 2.34. The van der Waals surface area contributed by atoms with E-state index in [1.54, 1.807) is 24.3 Å². The van der Waals surface area contributed by atoms with Gasteiger partial charge in [0.25, 0.3) is 11.8 Å². The maximum Gasteiger partial charge on any atom is 0.330 e. The lowest BCUT2D eigenvalue weighted by molar-refractivity contribution is -0.146. The Bertz CT molecular complexity index is 549. The molecule has 0 aliphatic carbocycles. The zero-order valence-corrected chi connectivity index (χ0v) is 11.5. The first-order chi connectivity index (χ1) is 9.61. The van der Waals surface area contributed by atoms with E-state index in [0.717, 1.165) is 4.90 Å². The molecule has 1 aromatic rings. The Balaban J connectivity index is 2.29. The molecule has 0 saturated heterocycles. The van der Waals surface area contributed by atoms with Crippen LogP contribution in [0.5, 0.6) is 0 Å². The maximum absolute atomic E-state index is 12.2. The van der Waals surface area contributed by atoms with E-state index in [1.807, 2.05) is 0 Å². The number of fused-ring (bicyclic) bond motifs is 1. The zero-order chi connectivity index (χ0) is 14.7. The number of imide groups is 1. The van der Waals surface area contributed by atoms with Gasteiger partial charge in [-0.15, -0.1) is 0 Å². The Morgan fingerprint density at radius 2 is 1.85 bits per heavy atom. The number of amides is 2. The minimum Gasteiger partial charge on any atom is -0.460 e. The maximum atomic E-state index is 12.2. The van der Waals surface area contributed by atoms with E-state index in [9.17, 15) is 14.4 Å². The van der Waals surface area contributed by atoms with Gasteiger partial charge < -0.3 is 4.74 Å². The molecule has 0 N–H and O–H groups in total. The largest absolute Gasteiger partial charge is 0.460 e. The quantitative estimate of drug-likeness (QED) is 0.384. The van der Waals surface area contributed by atoms with Crippen molar-refractivity contribution in [2.75, 3.05) is 12.4 Å². The number of carbonyl (C=O) groups is 3. The summed E-state index contributed by atoms with van der Waals surface area (Å²) in [5, 5.41) is 0. The van der Waals surface area contributed by atoms with Crippen LogP contribution in [0.2, 0.25) is 0 Å². The van der Waals surface area contributed by atoms with Crippen LogP contribution in [-0.2, 0) is 9.53 Å². The second-order valence-electron chi connectivity index (χ2n) is 4.14. The fourth-order valence-electron chi connectivity index (χ4n) is 1.99. The van der Waals surface area contributed by atoms with Crippen LogP contribution in [0.15, 0.2) is 36.9 Å². The van der Waals surface area contributed by atoms with E-state index < -0.39 is 23.8 Å². The Labute approximate surface area is 121 Å². The van der Waals surface area contributed by atoms with Crippen molar-refractivity contribution < 1.29 is 19.1 Å². The number of carbonyl (C=O) groups excluding carboxylic acids is 3. The predicted octanol–water partition coefficient (Wildman–Crippen LogP) is 1.31. The number of esters is 1. The molecule has 0 radical (unpaired) electrons. The predicted molar refractivity (Wildman–Crippen MR) is 75.7 cm³/mol. The molecule has 0 bridgehead atoms. The molecule has 0 fully saturated rings. The van der Waals surface area contributed by atoms with Gasteiger partial charge in [-0.1, -0.05) is 24.8 Å². The number of benzene rings is 1. The number of nitrogens with zero attached hydrogens (tertiary/aromatic N) is 1. The summed E-state index contributed by atoms with van der Waals surface area (Å²) in [6.07, 6.45) is 1.41. The third-order valence-electron chi connectivity index (χ3n) is 2.93. The lowest BCUT2D eigenvalue weighted by Crippen LogP contribution is -2.46.